The molecule has 0 saturated heterocycles. The van der Waals surface area contributed by atoms with E-state index in [-0.39, 0.29) is 26.8 Å². The minimum Gasteiger partial charge on any atom is -0.508 e. The Bertz CT molecular complexity index is 747. The largest absolute Gasteiger partial charge is 0.508 e. The first-order valence-corrected chi connectivity index (χ1v) is 8.44. The van der Waals surface area contributed by atoms with Crippen molar-refractivity contribution in [2.75, 3.05) is 5.32 Å². The average molecular weight is 417 g/mol. The molecule has 0 heterocycles. The van der Waals surface area contributed by atoms with Crippen LogP contribution in [-0.4, -0.2) is 11.0 Å². The van der Waals surface area contributed by atoms with Gasteiger partial charge < -0.3 is 10.4 Å². The van der Waals surface area contributed by atoms with Crippen molar-refractivity contribution in [1.29, 1.82) is 0 Å². The molecule has 6 heteroatoms. The second-order valence-corrected chi connectivity index (χ2v) is 7.91. The molecule has 0 aliphatic heterocycles. The van der Waals surface area contributed by atoms with Crippen molar-refractivity contribution in [2.24, 2.45) is 0 Å². The van der Waals surface area contributed by atoms with Gasteiger partial charge in [0.25, 0.3) is 5.91 Å². The second-order valence-electron chi connectivity index (χ2n) is 6.18. The fourth-order valence-corrected chi connectivity index (χ4v) is 3.55. The molecule has 2 aromatic rings. The van der Waals surface area contributed by atoms with Gasteiger partial charge in [-0.15, -0.1) is 0 Å². The fraction of sp³-hybridized carbons (Fsp3) is 0.235. The molecule has 0 saturated carbocycles. The number of phenols is 1. The van der Waals surface area contributed by atoms with E-state index in [9.17, 15) is 9.90 Å². The lowest BCUT2D eigenvalue weighted by atomic mass is 9.86. The summed E-state index contributed by atoms with van der Waals surface area (Å²) in [5.41, 5.74) is 1.26. The van der Waals surface area contributed by atoms with Crippen molar-refractivity contribution in [3.05, 3.63) is 56.0 Å². The van der Waals surface area contributed by atoms with Crippen molar-refractivity contribution in [1.82, 2.24) is 0 Å². The van der Waals surface area contributed by atoms with Crippen LogP contribution < -0.4 is 5.32 Å². The average Bonchev–Trinajstić information content (AvgIpc) is 2.38. The topological polar surface area (TPSA) is 49.3 Å². The van der Waals surface area contributed by atoms with Crippen LogP contribution in [0.3, 0.4) is 0 Å². The van der Waals surface area contributed by atoms with Crippen LogP contribution >= 0.6 is 39.1 Å². The Labute approximate surface area is 153 Å². The molecule has 2 rings (SSSR count). The summed E-state index contributed by atoms with van der Waals surface area (Å²) in [4.78, 5) is 12.5. The number of anilines is 1. The zero-order valence-electron chi connectivity index (χ0n) is 12.9. The van der Waals surface area contributed by atoms with Gasteiger partial charge >= 0.3 is 0 Å². The van der Waals surface area contributed by atoms with Crippen molar-refractivity contribution in [2.45, 2.75) is 26.2 Å². The van der Waals surface area contributed by atoms with Gasteiger partial charge in [0, 0.05) is 15.7 Å². The van der Waals surface area contributed by atoms with E-state index < -0.39 is 5.91 Å². The van der Waals surface area contributed by atoms with E-state index in [2.05, 4.69) is 21.2 Å². The zero-order chi connectivity index (χ0) is 17.4. The molecule has 0 atom stereocenters. The first-order chi connectivity index (χ1) is 10.6. The van der Waals surface area contributed by atoms with Crippen molar-refractivity contribution in [3.8, 4) is 5.75 Å². The monoisotopic (exact) mass is 415 g/mol. The highest BCUT2D eigenvalue weighted by Crippen LogP contribution is 2.34. The number of carbonyl (C=O) groups excluding carboxylic acids is 1. The van der Waals surface area contributed by atoms with Gasteiger partial charge in [-0.05, 0) is 35.7 Å². The summed E-state index contributed by atoms with van der Waals surface area (Å²) in [6.45, 7) is 5.95. The molecule has 2 N–H and O–H groups in total. The third kappa shape index (κ3) is 4.19. The number of carbonyl (C=O) groups is 1. The predicted octanol–water partition coefficient (Wildman–Crippen LogP) is 6.01. The van der Waals surface area contributed by atoms with Crippen LogP contribution in [0.25, 0.3) is 0 Å². The van der Waals surface area contributed by atoms with Gasteiger partial charge in [0.15, 0.2) is 0 Å². The summed E-state index contributed by atoms with van der Waals surface area (Å²) < 4.78 is 0.698. The number of nitrogens with one attached hydrogen (secondary N) is 1. The van der Waals surface area contributed by atoms with Crippen molar-refractivity contribution < 1.29 is 9.90 Å². The van der Waals surface area contributed by atoms with Gasteiger partial charge in [-0.25, -0.2) is 0 Å². The maximum Gasteiger partial charge on any atom is 0.258 e. The molecule has 0 aromatic heterocycles. The van der Waals surface area contributed by atoms with Crippen LogP contribution in [0.4, 0.5) is 5.69 Å². The number of phenolic OH excluding ortho intramolecular Hbond substituents is 1. The van der Waals surface area contributed by atoms with E-state index in [0.717, 1.165) is 5.56 Å². The second kappa shape index (κ2) is 6.71. The molecule has 0 spiro atoms. The van der Waals surface area contributed by atoms with Crippen molar-refractivity contribution in [3.63, 3.8) is 0 Å². The third-order valence-corrected chi connectivity index (χ3v) is 4.35. The van der Waals surface area contributed by atoms with Crippen LogP contribution in [0.1, 0.15) is 36.7 Å². The molecule has 0 unspecified atom stereocenters. The van der Waals surface area contributed by atoms with E-state index in [1.54, 1.807) is 30.3 Å². The standard InChI is InChI=1S/C17H16BrCl2NO2/c1-17(2,3)11-8-10(4-5-14(11)22)21-16(23)15-12(19)6-9(18)7-13(15)20/h4-8,22H,1-3H3,(H,21,23). The summed E-state index contributed by atoms with van der Waals surface area (Å²) >= 11 is 15.5. The zero-order valence-corrected chi connectivity index (χ0v) is 16.0. The van der Waals surface area contributed by atoms with Crippen LogP contribution in [-0.2, 0) is 5.41 Å². The van der Waals surface area contributed by atoms with E-state index in [0.29, 0.717) is 10.2 Å². The van der Waals surface area contributed by atoms with Gasteiger partial charge in [0.2, 0.25) is 0 Å². The van der Waals surface area contributed by atoms with E-state index >= 15 is 0 Å². The molecule has 0 bridgehead atoms. The highest BCUT2D eigenvalue weighted by molar-refractivity contribution is 9.10. The molecular formula is C17H16BrCl2NO2. The number of halogens is 3. The number of amides is 1. The highest BCUT2D eigenvalue weighted by Gasteiger charge is 2.20. The molecule has 2 aromatic carbocycles. The molecular weight excluding hydrogens is 401 g/mol. The summed E-state index contributed by atoms with van der Waals surface area (Å²) in [6.07, 6.45) is 0. The van der Waals surface area contributed by atoms with Gasteiger partial charge in [0.05, 0.1) is 15.6 Å². The summed E-state index contributed by atoms with van der Waals surface area (Å²) in [6, 6.07) is 8.15. The summed E-state index contributed by atoms with van der Waals surface area (Å²) in [5.74, 6) is -0.215. The Kier molecular flexibility index (Phi) is 5.29. The Morgan fingerprint density at radius 3 is 2.22 bits per heavy atom. The van der Waals surface area contributed by atoms with Gasteiger partial charge in [-0.2, -0.15) is 0 Å². The normalized spacial score (nSPS) is 11.4. The lowest BCUT2D eigenvalue weighted by Crippen LogP contribution is -2.15. The molecule has 122 valence electrons. The smallest absolute Gasteiger partial charge is 0.258 e. The van der Waals surface area contributed by atoms with Crippen LogP contribution in [0.15, 0.2) is 34.8 Å². The quantitative estimate of drug-likeness (QED) is 0.588. The molecule has 23 heavy (non-hydrogen) atoms. The fourth-order valence-electron chi connectivity index (χ4n) is 2.17. The summed E-state index contributed by atoms with van der Waals surface area (Å²) in [7, 11) is 0. The Morgan fingerprint density at radius 1 is 1.13 bits per heavy atom. The minimum absolute atomic E-state index is 0.190. The van der Waals surface area contributed by atoms with Crippen LogP contribution in [0, 0.1) is 0 Å². The maximum atomic E-state index is 12.5. The minimum atomic E-state index is -0.405. The maximum absolute atomic E-state index is 12.5. The number of benzene rings is 2. The van der Waals surface area contributed by atoms with Crippen LogP contribution in [0.2, 0.25) is 10.0 Å². The number of aromatic hydroxyl groups is 1. The van der Waals surface area contributed by atoms with Gasteiger partial charge in [-0.1, -0.05) is 59.9 Å². The third-order valence-electron chi connectivity index (χ3n) is 3.30. The molecule has 0 aliphatic rings. The Balaban J connectivity index is 2.35. The predicted molar refractivity (Wildman–Crippen MR) is 98.9 cm³/mol. The van der Waals surface area contributed by atoms with Gasteiger partial charge in [0.1, 0.15) is 5.75 Å². The first kappa shape index (κ1) is 18.1. The molecule has 3 nitrogen and oxygen atoms in total. The number of hydrogen-bond acceptors (Lipinski definition) is 2. The summed E-state index contributed by atoms with van der Waals surface area (Å²) in [5, 5.41) is 13.3. The highest BCUT2D eigenvalue weighted by atomic mass is 79.9. The van der Waals surface area contributed by atoms with E-state index in [4.69, 9.17) is 23.2 Å². The molecule has 1 amide bonds. The SMILES string of the molecule is CC(C)(C)c1cc(NC(=O)c2c(Cl)cc(Br)cc2Cl)ccc1O. The van der Waals surface area contributed by atoms with E-state index in [1.165, 1.54) is 0 Å². The van der Waals surface area contributed by atoms with E-state index in [1.807, 2.05) is 20.8 Å². The first-order valence-electron chi connectivity index (χ1n) is 6.89. The molecule has 0 fully saturated rings. The number of hydrogen-bond donors (Lipinski definition) is 2. The molecule has 0 radical (unpaired) electrons. The molecule has 0 aliphatic carbocycles. The number of rotatable bonds is 2. The Hall–Kier alpha value is -1.23. The lowest BCUT2D eigenvalue weighted by molar-refractivity contribution is 0.102. The van der Waals surface area contributed by atoms with Crippen molar-refractivity contribution >= 4 is 50.7 Å². The lowest BCUT2D eigenvalue weighted by Gasteiger charge is -2.21. The Morgan fingerprint density at radius 2 is 1.70 bits per heavy atom. The van der Waals surface area contributed by atoms with Gasteiger partial charge in [-0.3, -0.25) is 4.79 Å². The van der Waals surface area contributed by atoms with Crippen LogP contribution in [0.5, 0.6) is 5.75 Å².